The van der Waals surface area contributed by atoms with E-state index in [1.54, 1.807) is 16.8 Å². The fraction of sp³-hybridized carbons (Fsp3) is 0.261. The number of anilines is 2. The normalized spacial score (nSPS) is 13.4. The molecule has 0 radical (unpaired) electrons. The first-order valence-electron chi connectivity index (χ1n) is 10.3. The van der Waals surface area contributed by atoms with Crippen molar-refractivity contribution in [3.05, 3.63) is 70.8 Å². The van der Waals surface area contributed by atoms with Crippen LogP contribution in [0.2, 0.25) is 0 Å². The molecule has 0 saturated carbocycles. The minimum atomic E-state index is -4.63. The number of nitrogens with zero attached hydrogens (tertiary/aromatic N) is 2. The van der Waals surface area contributed by atoms with Crippen LogP contribution in [0.3, 0.4) is 0 Å². The molecule has 3 aromatic rings. The van der Waals surface area contributed by atoms with Crippen LogP contribution >= 0.6 is 0 Å². The van der Waals surface area contributed by atoms with Crippen molar-refractivity contribution in [2.75, 3.05) is 10.6 Å². The first kappa shape index (κ1) is 22.5. The van der Waals surface area contributed by atoms with Gasteiger partial charge in [-0.05, 0) is 68.1 Å². The quantitative estimate of drug-likeness (QED) is 0.531. The second-order valence-corrected chi connectivity index (χ2v) is 7.76. The summed E-state index contributed by atoms with van der Waals surface area (Å²) in [6.45, 7) is 1.21. The molecule has 0 unspecified atom stereocenters. The van der Waals surface area contributed by atoms with Gasteiger partial charge in [0.15, 0.2) is 5.69 Å². The van der Waals surface area contributed by atoms with Gasteiger partial charge in [0.05, 0.1) is 22.6 Å². The Kier molecular flexibility index (Phi) is 5.92. The maximum Gasteiger partial charge on any atom is 0.416 e. The first-order valence-corrected chi connectivity index (χ1v) is 10.3. The SMILES string of the molecule is CC(=O)Nc1ccc(C(F)(F)F)cc1NC(=O)c1nn(-c2ccc(F)cc2)c2c1CCCC2. The van der Waals surface area contributed by atoms with Gasteiger partial charge in [0, 0.05) is 18.2 Å². The number of alkyl halides is 3. The van der Waals surface area contributed by atoms with Crippen molar-refractivity contribution in [2.24, 2.45) is 0 Å². The maximum absolute atomic E-state index is 13.4. The summed E-state index contributed by atoms with van der Waals surface area (Å²) >= 11 is 0. The molecule has 1 heterocycles. The Morgan fingerprint density at radius 3 is 2.33 bits per heavy atom. The van der Waals surface area contributed by atoms with Gasteiger partial charge in [-0.25, -0.2) is 9.07 Å². The van der Waals surface area contributed by atoms with E-state index in [-0.39, 0.29) is 17.1 Å². The average Bonchev–Trinajstić information content (AvgIpc) is 3.14. The third-order valence-corrected chi connectivity index (χ3v) is 5.37. The zero-order chi connectivity index (χ0) is 23.8. The van der Waals surface area contributed by atoms with E-state index in [4.69, 9.17) is 0 Å². The van der Waals surface area contributed by atoms with Crippen LogP contribution < -0.4 is 10.6 Å². The molecule has 0 aliphatic heterocycles. The Morgan fingerprint density at radius 1 is 0.970 bits per heavy atom. The summed E-state index contributed by atoms with van der Waals surface area (Å²) in [5, 5.41) is 9.33. The number of fused-ring (bicyclic) bond motifs is 1. The summed E-state index contributed by atoms with van der Waals surface area (Å²) < 4.78 is 54.6. The van der Waals surface area contributed by atoms with Crippen LogP contribution in [0, 0.1) is 5.82 Å². The molecule has 172 valence electrons. The zero-order valence-electron chi connectivity index (χ0n) is 17.6. The minimum absolute atomic E-state index is 0.0377. The third kappa shape index (κ3) is 4.74. The van der Waals surface area contributed by atoms with E-state index in [0.717, 1.165) is 36.7 Å². The van der Waals surface area contributed by atoms with Crippen molar-refractivity contribution >= 4 is 23.2 Å². The van der Waals surface area contributed by atoms with Crippen molar-refractivity contribution in [3.8, 4) is 5.69 Å². The van der Waals surface area contributed by atoms with Gasteiger partial charge < -0.3 is 10.6 Å². The van der Waals surface area contributed by atoms with Crippen molar-refractivity contribution in [1.82, 2.24) is 9.78 Å². The zero-order valence-corrected chi connectivity index (χ0v) is 17.6. The fourth-order valence-corrected chi connectivity index (χ4v) is 3.88. The van der Waals surface area contributed by atoms with Gasteiger partial charge in [0.25, 0.3) is 5.91 Å². The van der Waals surface area contributed by atoms with E-state index >= 15 is 0 Å². The predicted octanol–water partition coefficient (Wildman–Crippen LogP) is 5.12. The van der Waals surface area contributed by atoms with Crippen LogP contribution in [0.5, 0.6) is 0 Å². The van der Waals surface area contributed by atoms with Crippen LogP contribution in [-0.4, -0.2) is 21.6 Å². The number of rotatable bonds is 4. The first-order chi connectivity index (χ1) is 15.6. The molecule has 0 spiro atoms. The van der Waals surface area contributed by atoms with Gasteiger partial charge in [-0.3, -0.25) is 9.59 Å². The Morgan fingerprint density at radius 2 is 1.67 bits per heavy atom. The number of hydrogen-bond donors (Lipinski definition) is 2. The highest BCUT2D eigenvalue weighted by Gasteiger charge is 2.32. The van der Waals surface area contributed by atoms with Gasteiger partial charge in [-0.15, -0.1) is 0 Å². The highest BCUT2D eigenvalue weighted by molar-refractivity contribution is 6.07. The molecule has 1 aliphatic rings. The highest BCUT2D eigenvalue weighted by atomic mass is 19.4. The number of aromatic nitrogens is 2. The van der Waals surface area contributed by atoms with Crippen molar-refractivity contribution in [3.63, 3.8) is 0 Å². The summed E-state index contributed by atoms with van der Waals surface area (Å²) in [4.78, 5) is 24.6. The molecule has 6 nitrogen and oxygen atoms in total. The molecule has 0 bridgehead atoms. The van der Waals surface area contributed by atoms with E-state index in [1.165, 1.54) is 19.1 Å². The second kappa shape index (κ2) is 8.68. The number of benzene rings is 2. The molecule has 1 aliphatic carbocycles. The summed E-state index contributed by atoms with van der Waals surface area (Å²) in [6, 6.07) is 8.34. The third-order valence-electron chi connectivity index (χ3n) is 5.37. The molecule has 0 atom stereocenters. The van der Waals surface area contributed by atoms with Crippen molar-refractivity contribution in [1.29, 1.82) is 0 Å². The lowest BCUT2D eigenvalue weighted by Gasteiger charge is -2.15. The number of amides is 2. The smallest absolute Gasteiger partial charge is 0.325 e. The largest absolute Gasteiger partial charge is 0.416 e. The Labute approximate surface area is 186 Å². The maximum atomic E-state index is 13.4. The van der Waals surface area contributed by atoms with E-state index in [1.807, 2.05) is 0 Å². The number of halogens is 4. The molecule has 2 aromatic carbocycles. The lowest BCUT2D eigenvalue weighted by Crippen LogP contribution is -2.18. The molecular weight excluding hydrogens is 440 g/mol. The van der Waals surface area contributed by atoms with E-state index in [9.17, 15) is 27.2 Å². The van der Waals surface area contributed by atoms with E-state index in [2.05, 4.69) is 15.7 Å². The molecule has 33 heavy (non-hydrogen) atoms. The summed E-state index contributed by atoms with van der Waals surface area (Å²) in [6.07, 6.45) is -1.66. The molecule has 0 fully saturated rings. The molecule has 2 N–H and O–H groups in total. The molecule has 0 saturated heterocycles. The van der Waals surface area contributed by atoms with Crippen LogP contribution in [0.1, 0.15) is 47.1 Å². The molecular formula is C23H20F4N4O2. The lowest BCUT2D eigenvalue weighted by atomic mass is 9.95. The summed E-state index contributed by atoms with van der Waals surface area (Å²) in [7, 11) is 0. The van der Waals surface area contributed by atoms with Crippen LogP contribution in [0.25, 0.3) is 5.69 Å². The number of carbonyl (C=O) groups is 2. The van der Waals surface area contributed by atoms with Gasteiger partial charge >= 0.3 is 6.18 Å². The molecule has 10 heteroatoms. The molecule has 2 amide bonds. The van der Waals surface area contributed by atoms with E-state index < -0.39 is 29.4 Å². The average molecular weight is 460 g/mol. The summed E-state index contributed by atoms with van der Waals surface area (Å²) in [5.74, 6) is -1.60. The minimum Gasteiger partial charge on any atom is -0.325 e. The van der Waals surface area contributed by atoms with Gasteiger partial charge in [0.1, 0.15) is 5.82 Å². The highest BCUT2D eigenvalue weighted by Crippen LogP contribution is 2.35. The Hall–Kier alpha value is -3.69. The van der Waals surface area contributed by atoms with Crippen LogP contribution in [0.4, 0.5) is 28.9 Å². The molecule has 1 aromatic heterocycles. The predicted molar refractivity (Wildman–Crippen MR) is 114 cm³/mol. The Balaban J connectivity index is 1.73. The Bertz CT molecular complexity index is 1220. The molecule has 4 rings (SSSR count). The fourth-order valence-electron chi connectivity index (χ4n) is 3.88. The standard InChI is InChI=1S/C23H20F4N4O2/c1-13(32)28-18-11-6-14(23(25,26)27)12-19(18)29-22(33)21-17-4-2-3-5-20(17)31(30-21)16-9-7-15(24)8-10-16/h6-12H,2-5H2,1H3,(H,28,32)(H,29,33). The van der Waals surface area contributed by atoms with Crippen molar-refractivity contribution < 1.29 is 27.2 Å². The van der Waals surface area contributed by atoms with Gasteiger partial charge in [-0.1, -0.05) is 0 Å². The summed E-state index contributed by atoms with van der Waals surface area (Å²) in [5.41, 5.74) is 1.06. The second-order valence-electron chi connectivity index (χ2n) is 7.76. The van der Waals surface area contributed by atoms with Crippen LogP contribution in [0.15, 0.2) is 42.5 Å². The van der Waals surface area contributed by atoms with Crippen LogP contribution in [-0.2, 0) is 23.8 Å². The number of carbonyl (C=O) groups excluding carboxylic acids is 2. The van der Waals surface area contributed by atoms with Gasteiger partial charge in [0.2, 0.25) is 5.91 Å². The number of nitrogens with one attached hydrogen (secondary N) is 2. The van der Waals surface area contributed by atoms with Gasteiger partial charge in [-0.2, -0.15) is 18.3 Å². The number of hydrogen-bond acceptors (Lipinski definition) is 3. The monoisotopic (exact) mass is 460 g/mol. The van der Waals surface area contributed by atoms with Crippen molar-refractivity contribution in [2.45, 2.75) is 38.8 Å². The lowest BCUT2D eigenvalue weighted by molar-refractivity contribution is -0.137. The topological polar surface area (TPSA) is 76.0 Å². The van der Waals surface area contributed by atoms with E-state index in [0.29, 0.717) is 24.1 Å².